The quantitative estimate of drug-likeness (QED) is 0.557. The van der Waals surface area contributed by atoms with Crippen LogP contribution in [0.5, 0.6) is 0 Å². The number of aliphatic carboxylic acids is 1. The number of alkyl carbamates (subject to hydrolysis) is 1. The standard InChI is InChI=1S/C26H32N2O5/c1-4-5-14-23(25(31)28(17(2)3)15-24(29)30)27-26(32)33-16-22-20-12-8-6-10-18(20)19-11-7-9-13-21(19)22/h6-13,17,22-23H,4-5,14-16H2,1-3H3,(H,27,32)(H,29,30). The Labute approximate surface area is 194 Å². The fourth-order valence-electron chi connectivity index (χ4n) is 4.31. The van der Waals surface area contributed by atoms with Crippen LogP contribution in [0.15, 0.2) is 48.5 Å². The van der Waals surface area contributed by atoms with Crippen LogP contribution >= 0.6 is 0 Å². The second kappa shape index (κ2) is 11.0. The average molecular weight is 453 g/mol. The van der Waals surface area contributed by atoms with Gasteiger partial charge in [-0.25, -0.2) is 4.79 Å². The van der Waals surface area contributed by atoms with E-state index in [9.17, 15) is 19.5 Å². The molecule has 2 N–H and O–H groups in total. The Bertz CT molecular complexity index is 958. The molecule has 2 amide bonds. The van der Waals surface area contributed by atoms with Gasteiger partial charge in [0.2, 0.25) is 5.91 Å². The van der Waals surface area contributed by atoms with Crippen molar-refractivity contribution in [3.8, 4) is 11.1 Å². The summed E-state index contributed by atoms with van der Waals surface area (Å²) in [5, 5.41) is 11.9. The van der Waals surface area contributed by atoms with Crippen molar-refractivity contribution in [2.24, 2.45) is 0 Å². The summed E-state index contributed by atoms with van der Waals surface area (Å²) in [6.45, 7) is 5.24. The minimum Gasteiger partial charge on any atom is -0.480 e. The van der Waals surface area contributed by atoms with E-state index in [4.69, 9.17) is 4.74 Å². The number of nitrogens with one attached hydrogen (secondary N) is 1. The number of carbonyl (C=O) groups is 3. The van der Waals surface area contributed by atoms with Gasteiger partial charge in [0, 0.05) is 12.0 Å². The van der Waals surface area contributed by atoms with Crippen LogP contribution in [-0.4, -0.2) is 53.2 Å². The van der Waals surface area contributed by atoms with Gasteiger partial charge in [-0.3, -0.25) is 9.59 Å². The lowest BCUT2D eigenvalue weighted by atomic mass is 9.98. The number of rotatable bonds is 10. The third-order valence-electron chi connectivity index (χ3n) is 5.99. The predicted molar refractivity (Wildman–Crippen MR) is 126 cm³/mol. The highest BCUT2D eigenvalue weighted by atomic mass is 16.5. The van der Waals surface area contributed by atoms with E-state index < -0.39 is 30.6 Å². The highest BCUT2D eigenvalue weighted by Crippen LogP contribution is 2.44. The van der Waals surface area contributed by atoms with E-state index in [1.54, 1.807) is 13.8 Å². The molecule has 0 fully saturated rings. The number of hydrogen-bond donors (Lipinski definition) is 2. The molecule has 0 saturated heterocycles. The third-order valence-corrected chi connectivity index (χ3v) is 5.99. The number of carboxylic acid groups (broad SMARTS) is 1. The second-order valence-corrected chi connectivity index (χ2v) is 8.62. The molecule has 33 heavy (non-hydrogen) atoms. The van der Waals surface area contributed by atoms with Gasteiger partial charge in [-0.05, 0) is 42.5 Å². The van der Waals surface area contributed by atoms with E-state index in [-0.39, 0.29) is 18.6 Å². The zero-order valence-corrected chi connectivity index (χ0v) is 19.4. The molecular formula is C26H32N2O5. The van der Waals surface area contributed by atoms with Crippen LogP contribution < -0.4 is 5.32 Å². The molecule has 0 aromatic heterocycles. The summed E-state index contributed by atoms with van der Waals surface area (Å²) in [7, 11) is 0. The lowest BCUT2D eigenvalue weighted by molar-refractivity contribution is -0.146. The summed E-state index contributed by atoms with van der Waals surface area (Å²) in [4.78, 5) is 38.2. The molecule has 2 aromatic carbocycles. The SMILES string of the molecule is CCCCC(NC(=O)OCC1c2ccccc2-c2ccccc21)C(=O)N(CC(=O)O)C(C)C. The first-order valence-electron chi connectivity index (χ1n) is 11.5. The molecular weight excluding hydrogens is 420 g/mol. The Balaban J connectivity index is 1.70. The summed E-state index contributed by atoms with van der Waals surface area (Å²) < 4.78 is 5.58. The Morgan fingerprint density at radius 2 is 1.61 bits per heavy atom. The lowest BCUT2D eigenvalue weighted by Gasteiger charge is -2.29. The molecule has 1 unspecified atom stereocenters. The van der Waals surface area contributed by atoms with Crippen molar-refractivity contribution in [3.05, 3.63) is 59.7 Å². The number of amides is 2. The molecule has 0 heterocycles. The summed E-state index contributed by atoms with van der Waals surface area (Å²) >= 11 is 0. The van der Waals surface area contributed by atoms with E-state index in [0.29, 0.717) is 6.42 Å². The Hall–Kier alpha value is -3.35. The topological polar surface area (TPSA) is 95.9 Å². The number of unbranched alkanes of at least 4 members (excludes halogenated alkanes) is 1. The van der Waals surface area contributed by atoms with Crippen LogP contribution in [0.1, 0.15) is 57.1 Å². The Morgan fingerprint density at radius 1 is 1.03 bits per heavy atom. The van der Waals surface area contributed by atoms with E-state index in [1.807, 2.05) is 43.3 Å². The zero-order chi connectivity index (χ0) is 24.0. The van der Waals surface area contributed by atoms with Crippen molar-refractivity contribution in [1.29, 1.82) is 0 Å². The van der Waals surface area contributed by atoms with Crippen molar-refractivity contribution in [2.45, 2.75) is 58.0 Å². The van der Waals surface area contributed by atoms with Gasteiger partial charge in [-0.1, -0.05) is 68.3 Å². The molecule has 0 radical (unpaired) electrons. The van der Waals surface area contributed by atoms with Crippen LogP contribution in [-0.2, 0) is 14.3 Å². The molecule has 1 aliphatic rings. The smallest absolute Gasteiger partial charge is 0.407 e. The van der Waals surface area contributed by atoms with E-state index in [1.165, 1.54) is 4.90 Å². The van der Waals surface area contributed by atoms with Gasteiger partial charge in [0.05, 0.1) is 0 Å². The second-order valence-electron chi connectivity index (χ2n) is 8.62. The van der Waals surface area contributed by atoms with Gasteiger partial charge in [-0.2, -0.15) is 0 Å². The van der Waals surface area contributed by atoms with Crippen molar-refractivity contribution < 1.29 is 24.2 Å². The van der Waals surface area contributed by atoms with E-state index >= 15 is 0 Å². The first-order chi connectivity index (χ1) is 15.8. The summed E-state index contributed by atoms with van der Waals surface area (Å²) in [6.07, 6.45) is 1.31. The molecule has 2 aromatic rings. The van der Waals surface area contributed by atoms with Crippen molar-refractivity contribution >= 4 is 18.0 Å². The molecule has 0 bridgehead atoms. The highest BCUT2D eigenvalue weighted by Gasteiger charge is 2.31. The van der Waals surface area contributed by atoms with Crippen molar-refractivity contribution in [3.63, 3.8) is 0 Å². The summed E-state index contributed by atoms with van der Waals surface area (Å²) in [5.74, 6) is -1.58. The first-order valence-corrected chi connectivity index (χ1v) is 11.5. The van der Waals surface area contributed by atoms with Gasteiger partial charge in [-0.15, -0.1) is 0 Å². The third kappa shape index (κ3) is 5.72. The minimum absolute atomic E-state index is 0.0767. The Kier molecular flexibility index (Phi) is 8.09. The van der Waals surface area contributed by atoms with Gasteiger partial charge in [0.25, 0.3) is 0 Å². The van der Waals surface area contributed by atoms with Gasteiger partial charge < -0.3 is 20.1 Å². The molecule has 176 valence electrons. The van der Waals surface area contributed by atoms with Gasteiger partial charge in [0.1, 0.15) is 19.2 Å². The minimum atomic E-state index is -1.09. The number of ether oxygens (including phenoxy) is 1. The number of carbonyl (C=O) groups excluding carboxylic acids is 2. The zero-order valence-electron chi connectivity index (χ0n) is 19.4. The molecule has 7 heteroatoms. The molecule has 7 nitrogen and oxygen atoms in total. The van der Waals surface area contributed by atoms with Crippen molar-refractivity contribution in [1.82, 2.24) is 10.2 Å². The number of nitrogens with zero attached hydrogens (tertiary/aromatic N) is 1. The fraction of sp³-hybridized carbons (Fsp3) is 0.423. The van der Waals surface area contributed by atoms with Crippen molar-refractivity contribution in [2.75, 3.05) is 13.2 Å². The maximum atomic E-state index is 13.0. The predicted octanol–water partition coefficient (Wildman–Crippen LogP) is 4.41. The number of hydrogen-bond acceptors (Lipinski definition) is 4. The highest BCUT2D eigenvalue weighted by molar-refractivity contribution is 5.88. The normalized spacial score (nSPS) is 13.2. The van der Waals surface area contributed by atoms with Crippen LogP contribution in [0.25, 0.3) is 11.1 Å². The average Bonchev–Trinajstić information content (AvgIpc) is 3.12. The molecule has 0 aliphatic heterocycles. The van der Waals surface area contributed by atoms with E-state index in [2.05, 4.69) is 17.4 Å². The molecule has 3 rings (SSSR count). The summed E-state index contributed by atoms with van der Waals surface area (Å²) in [5.41, 5.74) is 4.49. The van der Waals surface area contributed by atoms with Gasteiger partial charge >= 0.3 is 12.1 Å². The monoisotopic (exact) mass is 452 g/mol. The molecule has 1 aliphatic carbocycles. The molecule has 1 atom stereocenters. The number of fused-ring (bicyclic) bond motifs is 3. The fourth-order valence-corrected chi connectivity index (χ4v) is 4.31. The maximum Gasteiger partial charge on any atom is 0.407 e. The number of benzene rings is 2. The Morgan fingerprint density at radius 3 is 2.12 bits per heavy atom. The lowest BCUT2D eigenvalue weighted by Crippen LogP contribution is -2.52. The van der Waals surface area contributed by atoms with Crippen LogP contribution in [0.4, 0.5) is 4.79 Å². The first kappa shape index (κ1) is 24.3. The maximum absolute atomic E-state index is 13.0. The van der Waals surface area contributed by atoms with Crippen LogP contribution in [0.3, 0.4) is 0 Å². The molecule has 0 spiro atoms. The van der Waals surface area contributed by atoms with Gasteiger partial charge in [0.15, 0.2) is 0 Å². The molecule has 0 saturated carbocycles. The summed E-state index contributed by atoms with van der Waals surface area (Å²) in [6, 6.07) is 15.0. The van der Waals surface area contributed by atoms with Crippen LogP contribution in [0, 0.1) is 0 Å². The largest absolute Gasteiger partial charge is 0.480 e. The number of carboxylic acids is 1. The van der Waals surface area contributed by atoms with Crippen LogP contribution in [0.2, 0.25) is 0 Å². The van der Waals surface area contributed by atoms with E-state index in [0.717, 1.165) is 35.1 Å².